The molecule has 0 spiro atoms. The highest BCUT2D eigenvalue weighted by Crippen LogP contribution is 2.26. The molecule has 5 heteroatoms. The van der Waals surface area contributed by atoms with Crippen molar-refractivity contribution >= 4 is 17.4 Å². The predicted octanol–water partition coefficient (Wildman–Crippen LogP) is 3.78. The molecule has 134 valence electrons. The normalized spacial score (nSPS) is 20.5. The van der Waals surface area contributed by atoms with E-state index in [0.717, 1.165) is 23.4 Å². The second-order valence-corrected chi connectivity index (χ2v) is 6.95. The lowest BCUT2D eigenvalue weighted by Gasteiger charge is -2.28. The molecule has 0 saturated heterocycles. The molecular weight excluding hydrogens is 302 g/mol. The van der Waals surface area contributed by atoms with E-state index in [0.29, 0.717) is 25.2 Å². The number of rotatable bonds is 6. The number of amides is 2. The van der Waals surface area contributed by atoms with Crippen molar-refractivity contribution in [1.82, 2.24) is 5.32 Å². The third-order valence-corrected chi connectivity index (χ3v) is 4.73. The molecule has 0 aromatic heterocycles. The topological polar surface area (TPSA) is 53.6 Å². The van der Waals surface area contributed by atoms with E-state index >= 15 is 0 Å². The largest absolute Gasteiger partial charge is 0.378 e. The maximum atomic E-state index is 12.0. The summed E-state index contributed by atoms with van der Waals surface area (Å²) in [5, 5.41) is 5.76. The molecule has 0 heterocycles. The number of carbonyl (C=O) groups is 1. The van der Waals surface area contributed by atoms with Crippen LogP contribution in [0.15, 0.2) is 18.2 Å². The number of benzene rings is 1. The molecule has 0 aliphatic heterocycles. The molecule has 2 rings (SSSR count). The molecule has 1 aromatic carbocycles. The average Bonchev–Trinajstić information content (AvgIpc) is 2.55. The second-order valence-electron chi connectivity index (χ2n) is 6.95. The molecule has 1 aliphatic rings. The lowest BCUT2D eigenvalue weighted by molar-refractivity contribution is -0.00232. The number of ether oxygens (including phenoxy) is 1. The third-order valence-electron chi connectivity index (χ3n) is 4.73. The van der Waals surface area contributed by atoms with Crippen LogP contribution in [0.3, 0.4) is 0 Å². The van der Waals surface area contributed by atoms with Gasteiger partial charge in [-0.1, -0.05) is 19.8 Å². The molecule has 1 saturated carbocycles. The smallest absolute Gasteiger partial charge is 0.319 e. The van der Waals surface area contributed by atoms with Gasteiger partial charge in [0.25, 0.3) is 0 Å². The first-order chi connectivity index (χ1) is 11.5. The van der Waals surface area contributed by atoms with Gasteiger partial charge in [0.2, 0.25) is 0 Å². The summed E-state index contributed by atoms with van der Waals surface area (Å²) in [6.07, 6.45) is 5.31. The Bertz CT molecular complexity index is 545. The Morgan fingerprint density at radius 1 is 1.29 bits per heavy atom. The Morgan fingerprint density at radius 2 is 2.04 bits per heavy atom. The molecule has 2 atom stereocenters. The van der Waals surface area contributed by atoms with Crippen molar-refractivity contribution in [2.75, 3.05) is 37.5 Å². The Balaban J connectivity index is 1.71. The van der Waals surface area contributed by atoms with Gasteiger partial charge in [0.15, 0.2) is 0 Å². The van der Waals surface area contributed by atoms with Gasteiger partial charge in [-0.3, -0.25) is 0 Å². The molecule has 2 N–H and O–H groups in total. The van der Waals surface area contributed by atoms with Crippen molar-refractivity contribution in [2.24, 2.45) is 5.92 Å². The fourth-order valence-corrected chi connectivity index (χ4v) is 3.14. The van der Waals surface area contributed by atoms with Crippen LogP contribution in [0.2, 0.25) is 0 Å². The van der Waals surface area contributed by atoms with E-state index in [1.165, 1.54) is 19.3 Å². The van der Waals surface area contributed by atoms with Crippen LogP contribution >= 0.6 is 0 Å². The minimum atomic E-state index is -0.184. The summed E-state index contributed by atoms with van der Waals surface area (Å²) in [6, 6.07) is 5.81. The maximum Gasteiger partial charge on any atom is 0.319 e. The zero-order valence-electron chi connectivity index (χ0n) is 15.4. The second kappa shape index (κ2) is 8.92. The van der Waals surface area contributed by atoms with E-state index in [1.54, 1.807) is 0 Å². The van der Waals surface area contributed by atoms with Gasteiger partial charge < -0.3 is 20.3 Å². The Morgan fingerprint density at radius 3 is 2.71 bits per heavy atom. The summed E-state index contributed by atoms with van der Waals surface area (Å²) in [4.78, 5) is 14.1. The highest BCUT2D eigenvalue weighted by atomic mass is 16.5. The lowest BCUT2D eigenvalue weighted by Crippen LogP contribution is -2.34. The van der Waals surface area contributed by atoms with Crippen molar-refractivity contribution in [2.45, 2.75) is 45.6 Å². The van der Waals surface area contributed by atoms with Crippen LogP contribution < -0.4 is 15.5 Å². The molecule has 0 bridgehead atoms. The number of nitrogens with zero attached hydrogens (tertiary/aromatic N) is 1. The summed E-state index contributed by atoms with van der Waals surface area (Å²) in [5.41, 5.74) is 3.00. The van der Waals surface area contributed by atoms with Crippen molar-refractivity contribution < 1.29 is 9.53 Å². The van der Waals surface area contributed by atoms with Gasteiger partial charge in [0.1, 0.15) is 0 Å². The zero-order chi connectivity index (χ0) is 17.5. The van der Waals surface area contributed by atoms with Gasteiger partial charge in [0.05, 0.1) is 12.7 Å². The third kappa shape index (κ3) is 5.41. The molecule has 0 radical (unpaired) electrons. The Hall–Kier alpha value is -1.75. The summed E-state index contributed by atoms with van der Waals surface area (Å²) >= 11 is 0. The number of aryl methyl sites for hydroxylation is 1. The maximum absolute atomic E-state index is 12.0. The van der Waals surface area contributed by atoms with Crippen LogP contribution in [0.5, 0.6) is 0 Å². The summed E-state index contributed by atoms with van der Waals surface area (Å²) in [6.45, 7) is 5.35. The Kier molecular flexibility index (Phi) is 6.91. The minimum Gasteiger partial charge on any atom is -0.378 e. The highest BCUT2D eigenvalue weighted by molar-refractivity contribution is 5.90. The van der Waals surface area contributed by atoms with Crippen molar-refractivity contribution in [3.8, 4) is 0 Å². The van der Waals surface area contributed by atoms with Gasteiger partial charge >= 0.3 is 6.03 Å². The van der Waals surface area contributed by atoms with Crippen LogP contribution in [-0.4, -0.2) is 39.4 Å². The first-order valence-electron chi connectivity index (χ1n) is 8.92. The standard InChI is InChI=1S/C19H31N3O2/c1-14-7-5-6-8-18(14)24-12-11-20-19(23)21-17-10-9-16(22(3)4)13-15(17)2/h9-10,13-14,18H,5-8,11-12H2,1-4H3,(H2,20,21,23). The lowest BCUT2D eigenvalue weighted by atomic mass is 9.88. The van der Waals surface area contributed by atoms with E-state index in [1.807, 2.05) is 38.1 Å². The SMILES string of the molecule is Cc1cc(N(C)C)ccc1NC(=O)NCCOC1CCCCC1C. The van der Waals surface area contributed by atoms with E-state index < -0.39 is 0 Å². The molecule has 24 heavy (non-hydrogen) atoms. The van der Waals surface area contributed by atoms with E-state index in [9.17, 15) is 4.79 Å². The fraction of sp³-hybridized carbons (Fsp3) is 0.632. The number of urea groups is 1. The van der Waals surface area contributed by atoms with E-state index in [-0.39, 0.29) is 6.03 Å². The molecule has 1 aliphatic carbocycles. The van der Waals surface area contributed by atoms with Gasteiger partial charge in [-0.2, -0.15) is 0 Å². The predicted molar refractivity (Wildman–Crippen MR) is 99.9 cm³/mol. The highest BCUT2D eigenvalue weighted by Gasteiger charge is 2.21. The van der Waals surface area contributed by atoms with Crippen molar-refractivity contribution in [3.63, 3.8) is 0 Å². The van der Waals surface area contributed by atoms with Crippen LogP contribution in [0.25, 0.3) is 0 Å². The van der Waals surface area contributed by atoms with Gasteiger partial charge in [-0.05, 0) is 49.4 Å². The average molecular weight is 333 g/mol. The molecular formula is C19H31N3O2. The number of hydrogen-bond donors (Lipinski definition) is 2. The number of nitrogens with one attached hydrogen (secondary N) is 2. The van der Waals surface area contributed by atoms with E-state index in [4.69, 9.17) is 4.74 Å². The summed E-state index contributed by atoms with van der Waals surface area (Å²) < 4.78 is 5.91. The summed E-state index contributed by atoms with van der Waals surface area (Å²) in [7, 11) is 4.00. The summed E-state index contributed by atoms with van der Waals surface area (Å²) in [5.74, 6) is 0.630. The molecule has 1 aromatic rings. The van der Waals surface area contributed by atoms with Crippen LogP contribution in [0.4, 0.5) is 16.2 Å². The molecule has 1 fully saturated rings. The zero-order valence-corrected chi connectivity index (χ0v) is 15.4. The monoisotopic (exact) mass is 333 g/mol. The fourth-order valence-electron chi connectivity index (χ4n) is 3.14. The Labute approximate surface area is 145 Å². The van der Waals surface area contributed by atoms with Crippen molar-refractivity contribution in [3.05, 3.63) is 23.8 Å². The molecule has 2 unspecified atom stereocenters. The minimum absolute atomic E-state index is 0.184. The quantitative estimate of drug-likeness (QED) is 0.779. The number of anilines is 2. The first-order valence-corrected chi connectivity index (χ1v) is 8.92. The number of carbonyl (C=O) groups excluding carboxylic acids is 1. The molecule has 2 amide bonds. The van der Waals surface area contributed by atoms with Gasteiger partial charge in [0, 0.05) is 32.0 Å². The van der Waals surface area contributed by atoms with E-state index in [2.05, 4.69) is 23.6 Å². The van der Waals surface area contributed by atoms with Gasteiger partial charge in [-0.25, -0.2) is 4.79 Å². The van der Waals surface area contributed by atoms with Crippen LogP contribution in [0.1, 0.15) is 38.2 Å². The number of hydrogen-bond acceptors (Lipinski definition) is 3. The van der Waals surface area contributed by atoms with Gasteiger partial charge in [-0.15, -0.1) is 0 Å². The van der Waals surface area contributed by atoms with Crippen LogP contribution in [-0.2, 0) is 4.74 Å². The molecule has 5 nitrogen and oxygen atoms in total. The van der Waals surface area contributed by atoms with Crippen molar-refractivity contribution in [1.29, 1.82) is 0 Å². The van der Waals surface area contributed by atoms with Crippen LogP contribution in [0, 0.1) is 12.8 Å². The first kappa shape index (κ1) is 18.6.